The van der Waals surface area contributed by atoms with Crippen LogP contribution in [0.25, 0.3) is 10.9 Å². The van der Waals surface area contributed by atoms with Crippen LogP contribution in [0, 0.1) is 5.82 Å². The zero-order valence-electron chi connectivity index (χ0n) is 12.0. The van der Waals surface area contributed by atoms with Gasteiger partial charge in [-0.25, -0.2) is 14.4 Å². The van der Waals surface area contributed by atoms with Crippen molar-refractivity contribution < 1.29 is 9.50 Å². The van der Waals surface area contributed by atoms with Gasteiger partial charge in [0.25, 0.3) is 0 Å². The van der Waals surface area contributed by atoms with E-state index in [1.54, 1.807) is 12.1 Å². The Morgan fingerprint density at radius 3 is 2.55 bits per heavy atom. The molecule has 112 valence electrons. The van der Waals surface area contributed by atoms with E-state index < -0.39 is 0 Å². The molecule has 0 bridgehead atoms. The lowest BCUT2D eigenvalue weighted by atomic mass is 10.1. The second-order valence-electron chi connectivity index (χ2n) is 5.01. The summed E-state index contributed by atoms with van der Waals surface area (Å²) in [6, 6.07) is 12.6. The number of aromatic nitrogens is 2. The van der Waals surface area contributed by atoms with Crippen LogP contribution < -0.4 is 5.32 Å². The van der Waals surface area contributed by atoms with Crippen LogP contribution in [0.1, 0.15) is 11.1 Å². The van der Waals surface area contributed by atoms with E-state index in [0.717, 1.165) is 17.5 Å². The molecular formula is C17H16FN3O. The summed E-state index contributed by atoms with van der Waals surface area (Å²) in [5, 5.41) is 12.6. The second-order valence-corrected chi connectivity index (χ2v) is 5.01. The first-order valence-electron chi connectivity index (χ1n) is 7.09. The maximum atomic E-state index is 13.9. The average molecular weight is 297 g/mol. The van der Waals surface area contributed by atoms with Crippen molar-refractivity contribution in [2.45, 2.75) is 13.0 Å². The van der Waals surface area contributed by atoms with Crippen molar-refractivity contribution in [3.05, 3.63) is 65.7 Å². The minimum Gasteiger partial charge on any atom is -0.392 e. The predicted octanol–water partition coefficient (Wildman–Crippen LogP) is 2.92. The first-order chi connectivity index (χ1) is 10.8. The van der Waals surface area contributed by atoms with Crippen molar-refractivity contribution >= 4 is 16.7 Å². The fourth-order valence-corrected chi connectivity index (χ4v) is 2.34. The SMILES string of the molecule is OCc1ccc(CCNc2ncnc3cccc(F)c23)cc1. The van der Waals surface area contributed by atoms with Crippen LogP contribution in [0.2, 0.25) is 0 Å². The summed E-state index contributed by atoms with van der Waals surface area (Å²) in [5.74, 6) is 0.183. The van der Waals surface area contributed by atoms with Crippen molar-refractivity contribution in [1.82, 2.24) is 9.97 Å². The predicted molar refractivity (Wildman–Crippen MR) is 84.1 cm³/mol. The van der Waals surface area contributed by atoms with Crippen LogP contribution >= 0.6 is 0 Å². The number of hydrogen-bond acceptors (Lipinski definition) is 4. The minimum atomic E-state index is -0.326. The number of nitrogens with one attached hydrogen (secondary N) is 1. The van der Waals surface area contributed by atoms with Gasteiger partial charge >= 0.3 is 0 Å². The Kier molecular flexibility index (Phi) is 4.25. The molecule has 22 heavy (non-hydrogen) atoms. The van der Waals surface area contributed by atoms with E-state index in [9.17, 15) is 4.39 Å². The van der Waals surface area contributed by atoms with Crippen molar-refractivity contribution in [2.75, 3.05) is 11.9 Å². The number of hydrogen-bond donors (Lipinski definition) is 2. The first kappa shape index (κ1) is 14.4. The van der Waals surface area contributed by atoms with Gasteiger partial charge < -0.3 is 10.4 Å². The summed E-state index contributed by atoms with van der Waals surface area (Å²) in [6.45, 7) is 0.684. The van der Waals surface area contributed by atoms with E-state index in [0.29, 0.717) is 23.3 Å². The lowest BCUT2D eigenvalue weighted by Crippen LogP contribution is -2.07. The Bertz CT molecular complexity index is 769. The number of halogens is 1. The summed E-state index contributed by atoms with van der Waals surface area (Å²) in [7, 11) is 0. The highest BCUT2D eigenvalue weighted by Gasteiger charge is 2.08. The first-order valence-corrected chi connectivity index (χ1v) is 7.09. The smallest absolute Gasteiger partial charge is 0.140 e. The second kappa shape index (κ2) is 6.49. The molecule has 0 unspecified atom stereocenters. The number of fused-ring (bicyclic) bond motifs is 1. The molecule has 2 N–H and O–H groups in total. The molecule has 4 nitrogen and oxygen atoms in total. The number of rotatable bonds is 5. The maximum absolute atomic E-state index is 13.9. The molecule has 0 fully saturated rings. The van der Waals surface area contributed by atoms with Gasteiger partial charge in [0.1, 0.15) is 18.0 Å². The number of nitrogens with zero attached hydrogens (tertiary/aromatic N) is 2. The average Bonchev–Trinajstić information content (AvgIpc) is 2.56. The summed E-state index contributed by atoms with van der Waals surface area (Å²) in [5.41, 5.74) is 2.62. The molecular weight excluding hydrogens is 281 g/mol. The molecule has 3 rings (SSSR count). The van der Waals surface area contributed by atoms with Crippen LogP contribution in [0.3, 0.4) is 0 Å². The van der Waals surface area contributed by atoms with E-state index in [1.165, 1.54) is 12.4 Å². The molecule has 0 aliphatic heterocycles. The van der Waals surface area contributed by atoms with E-state index in [1.807, 2.05) is 24.3 Å². The third kappa shape index (κ3) is 3.04. The summed E-state index contributed by atoms with van der Waals surface area (Å²) < 4.78 is 13.9. The van der Waals surface area contributed by atoms with Crippen LogP contribution in [0.5, 0.6) is 0 Å². The van der Waals surface area contributed by atoms with E-state index in [2.05, 4.69) is 15.3 Å². The largest absolute Gasteiger partial charge is 0.392 e. The monoisotopic (exact) mass is 297 g/mol. The lowest BCUT2D eigenvalue weighted by molar-refractivity contribution is 0.282. The van der Waals surface area contributed by atoms with Gasteiger partial charge in [-0.3, -0.25) is 0 Å². The Morgan fingerprint density at radius 2 is 1.77 bits per heavy atom. The maximum Gasteiger partial charge on any atom is 0.140 e. The molecule has 0 amide bonds. The van der Waals surface area contributed by atoms with Gasteiger partial charge in [-0.2, -0.15) is 0 Å². The van der Waals surface area contributed by atoms with Crippen LogP contribution in [-0.2, 0) is 13.0 Å². The van der Waals surface area contributed by atoms with Crippen molar-refractivity contribution in [3.8, 4) is 0 Å². The van der Waals surface area contributed by atoms with E-state index in [-0.39, 0.29) is 12.4 Å². The van der Waals surface area contributed by atoms with Crippen molar-refractivity contribution in [1.29, 1.82) is 0 Å². The van der Waals surface area contributed by atoms with Gasteiger partial charge in [-0.05, 0) is 29.7 Å². The summed E-state index contributed by atoms with van der Waals surface area (Å²) in [4.78, 5) is 8.20. The molecule has 3 aromatic rings. The van der Waals surface area contributed by atoms with Crippen molar-refractivity contribution in [2.24, 2.45) is 0 Å². The Hall–Kier alpha value is -2.53. The Balaban J connectivity index is 1.71. The molecule has 0 saturated heterocycles. The normalized spacial score (nSPS) is 10.8. The Morgan fingerprint density at radius 1 is 1.00 bits per heavy atom. The Labute approximate surface area is 127 Å². The fraction of sp³-hybridized carbons (Fsp3) is 0.176. The van der Waals surface area contributed by atoms with Gasteiger partial charge in [-0.15, -0.1) is 0 Å². The number of aliphatic hydroxyl groups is 1. The molecule has 0 saturated carbocycles. The molecule has 0 radical (unpaired) electrons. The molecule has 2 aromatic carbocycles. The van der Waals surface area contributed by atoms with Crippen molar-refractivity contribution in [3.63, 3.8) is 0 Å². The molecule has 1 aromatic heterocycles. The number of aliphatic hydroxyl groups excluding tert-OH is 1. The van der Waals surface area contributed by atoms with Crippen LogP contribution in [0.15, 0.2) is 48.8 Å². The quantitative estimate of drug-likeness (QED) is 0.760. The van der Waals surface area contributed by atoms with Gasteiger partial charge in [0, 0.05) is 6.54 Å². The standard InChI is InChI=1S/C17H16FN3O/c18-14-2-1-3-15-16(14)17(21-11-20-15)19-9-8-12-4-6-13(10-22)7-5-12/h1-7,11,22H,8-10H2,(H,19,20,21). The highest BCUT2D eigenvalue weighted by Crippen LogP contribution is 2.22. The number of benzene rings is 2. The molecule has 0 aliphatic carbocycles. The van der Waals surface area contributed by atoms with E-state index >= 15 is 0 Å². The highest BCUT2D eigenvalue weighted by molar-refractivity contribution is 5.89. The molecule has 0 aliphatic rings. The van der Waals surface area contributed by atoms with Gasteiger partial charge in [0.15, 0.2) is 0 Å². The zero-order valence-corrected chi connectivity index (χ0v) is 12.0. The van der Waals surface area contributed by atoms with E-state index in [4.69, 9.17) is 5.11 Å². The molecule has 0 spiro atoms. The minimum absolute atomic E-state index is 0.0464. The third-order valence-corrected chi connectivity index (χ3v) is 3.52. The number of anilines is 1. The van der Waals surface area contributed by atoms with Gasteiger partial charge in [-0.1, -0.05) is 30.3 Å². The highest BCUT2D eigenvalue weighted by atomic mass is 19.1. The zero-order chi connectivity index (χ0) is 15.4. The fourth-order valence-electron chi connectivity index (χ4n) is 2.34. The third-order valence-electron chi connectivity index (χ3n) is 3.52. The van der Waals surface area contributed by atoms with Gasteiger partial charge in [0.2, 0.25) is 0 Å². The molecule has 0 atom stereocenters. The summed E-state index contributed by atoms with van der Waals surface area (Å²) >= 11 is 0. The molecule has 1 heterocycles. The topological polar surface area (TPSA) is 58.0 Å². The summed E-state index contributed by atoms with van der Waals surface area (Å²) in [6.07, 6.45) is 2.21. The molecule has 5 heteroatoms. The van der Waals surface area contributed by atoms with Crippen LogP contribution in [0.4, 0.5) is 10.2 Å². The van der Waals surface area contributed by atoms with Gasteiger partial charge in [0.05, 0.1) is 17.5 Å². The van der Waals surface area contributed by atoms with Crippen LogP contribution in [-0.4, -0.2) is 21.6 Å². The lowest BCUT2D eigenvalue weighted by Gasteiger charge is -2.09.